The van der Waals surface area contributed by atoms with Crippen LogP contribution in [0, 0.1) is 0 Å². The SMILES string of the molecule is NCc1cc(C2CC2)nc2cc3c(cc12)OCO3. The van der Waals surface area contributed by atoms with Crippen molar-refractivity contribution >= 4 is 10.9 Å². The standard InChI is InChI=1S/C14H14N2O2/c15-6-9-3-11(8-1-2-8)16-12-5-14-13(4-10(9)12)17-7-18-14/h3-5,8H,1-2,6-7,15H2. The summed E-state index contributed by atoms with van der Waals surface area (Å²) in [5.41, 5.74) is 9.12. The normalized spacial score (nSPS) is 17.4. The number of fused-ring (bicyclic) bond motifs is 2. The third-order valence-corrected chi connectivity index (χ3v) is 3.62. The molecule has 92 valence electrons. The summed E-state index contributed by atoms with van der Waals surface area (Å²) in [6.07, 6.45) is 2.49. The first kappa shape index (κ1) is 10.1. The van der Waals surface area contributed by atoms with E-state index in [4.69, 9.17) is 20.2 Å². The highest BCUT2D eigenvalue weighted by Gasteiger charge is 2.26. The van der Waals surface area contributed by atoms with Gasteiger partial charge in [0.15, 0.2) is 11.5 Å². The van der Waals surface area contributed by atoms with Crippen molar-refractivity contribution in [1.82, 2.24) is 4.98 Å². The molecule has 2 aromatic rings. The molecule has 0 bridgehead atoms. The second-order valence-electron chi connectivity index (χ2n) is 4.91. The Morgan fingerprint density at radius 3 is 2.67 bits per heavy atom. The number of ether oxygens (including phenoxy) is 2. The van der Waals surface area contributed by atoms with Crippen LogP contribution in [0.2, 0.25) is 0 Å². The van der Waals surface area contributed by atoms with Crippen LogP contribution in [0.3, 0.4) is 0 Å². The van der Waals surface area contributed by atoms with Gasteiger partial charge in [-0.15, -0.1) is 0 Å². The van der Waals surface area contributed by atoms with Crippen molar-refractivity contribution in [3.63, 3.8) is 0 Å². The number of aromatic nitrogens is 1. The second-order valence-corrected chi connectivity index (χ2v) is 4.91. The van der Waals surface area contributed by atoms with Crippen molar-refractivity contribution in [2.45, 2.75) is 25.3 Å². The maximum Gasteiger partial charge on any atom is 0.231 e. The van der Waals surface area contributed by atoms with Crippen LogP contribution in [-0.2, 0) is 6.54 Å². The van der Waals surface area contributed by atoms with Gasteiger partial charge in [0.05, 0.1) is 5.52 Å². The van der Waals surface area contributed by atoms with Crippen LogP contribution < -0.4 is 15.2 Å². The van der Waals surface area contributed by atoms with Gasteiger partial charge in [-0.1, -0.05) is 0 Å². The molecule has 2 N–H and O–H groups in total. The summed E-state index contributed by atoms with van der Waals surface area (Å²) in [5.74, 6) is 2.20. The van der Waals surface area contributed by atoms with Gasteiger partial charge in [-0.3, -0.25) is 4.98 Å². The molecule has 1 aliphatic carbocycles. The molecule has 4 rings (SSSR count). The van der Waals surface area contributed by atoms with Crippen molar-refractivity contribution in [3.05, 3.63) is 29.5 Å². The molecule has 0 spiro atoms. The lowest BCUT2D eigenvalue weighted by Crippen LogP contribution is -2.00. The third kappa shape index (κ3) is 1.46. The number of hydrogen-bond donors (Lipinski definition) is 1. The fourth-order valence-electron chi connectivity index (χ4n) is 2.47. The smallest absolute Gasteiger partial charge is 0.231 e. The van der Waals surface area contributed by atoms with Gasteiger partial charge in [0, 0.05) is 29.6 Å². The Balaban J connectivity index is 1.98. The summed E-state index contributed by atoms with van der Waals surface area (Å²) >= 11 is 0. The second kappa shape index (κ2) is 3.59. The number of nitrogens with zero attached hydrogens (tertiary/aromatic N) is 1. The zero-order chi connectivity index (χ0) is 12.1. The highest BCUT2D eigenvalue weighted by Crippen LogP contribution is 2.42. The van der Waals surface area contributed by atoms with Gasteiger partial charge in [0.1, 0.15) is 0 Å². The molecule has 4 heteroatoms. The Morgan fingerprint density at radius 2 is 1.94 bits per heavy atom. The molecule has 0 unspecified atom stereocenters. The zero-order valence-corrected chi connectivity index (χ0v) is 9.98. The van der Waals surface area contributed by atoms with Gasteiger partial charge >= 0.3 is 0 Å². The van der Waals surface area contributed by atoms with E-state index in [0.717, 1.165) is 28.0 Å². The van der Waals surface area contributed by atoms with Crippen molar-refractivity contribution in [3.8, 4) is 11.5 Å². The molecule has 0 atom stereocenters. The average Bonchev–Trinajstić information content (AvgIpc) is 3.14. The number of hydrogen-bond acceptors (Lipinski definition) is 4. The van der Waals surface area contributed by atoms with Crippen molar-refractivity contribution in [1.29, 1.82) is 0 Å². The predicted octanol–water partition coefficient (Wildman–Crippen LogP) is 2.30. The van der Waals surface area contributed by atoms with Crippen LogP contribution >= 0.6 is 0 Å². The Hall–Kier alpha value is -1.81. The van der Waals surface area contributed by atoms with Crippen molar-refractivity contribution < 1.29 is 9.47 Å². The van der Waals surface area contributed by atoms with E-state index in [0.29, 0.717) is 19.3 Å². The molecule has 0 saturated heterocycles. The quantitative estimate of drug-likeness (QED) is 0.877. The Morgan fingerprint density at radius 1 is 1.17 bits per heavy atom. The zero-order valence-electron chi connectivity index (χ0n) is 9.98. The summed E-state index contributed by atoms with van der Waals surface area (Å²) in [4.78, 5) is 4.73. The van der Waals surface area contributed by atoms with E-state index in [2.05, 4.69) is 6.07 Å². The fourth-order valence-corrected chi connectivity index (χ4v) is 2.47. The summed E-state index contributed by atoms with van der Waals surface area (Å²) in [7, 11) is 0. The highest BCUT2D eigenvalue weighted by atomic mass is 16.7. The first-order valence-electron chi connectivity index (χ1n) is 6.28. The van der Waals surface area contributed by atoms with Gasteiger partial charge in [0.25, 0.3) is 0 Å². The first-order chi connectivity index (χ1) is 8.85. The van der Waals surface area contributed by atoms with E-state index >= 15 is 0 Å². The van der Waals surface area contributed by atoms with E-state index in [1.54, 1.807) is 0 Å². The van der Waals surface area contributed by atoms with Gasteiger partial charge in [-0.05, 0) is 30.5 Å². The number of pyridine rings is 1. The Bertz CT molecular complexity index is 635. The summed E-state index contributed by atoms with van der Waals surface area (Å²) in [6.45, 7) is 0.817. The molecular weight excluding hydrogens is 228 g/mol. The molecule has 1 aromatic carbocycles. The third-order valence-electron chi connectivity index (χ3n) is 3.62. The van der Waals surface area contributed by atoms with Gasteiger partial charge < -0.3 is 15.2 Å². The molecule has 0 amide bonds. The van der Waals surface area contributed by atoms with E-state index in [-0.39, 0.29) is 0 Å². The summed E-state index contributed by atoms with van der Waals surface area (Å²) in [5, 5.41) is 1.08. The Kier molecular flexibility index (Phi) is 2.02. The van der Waals surface area contributed by atoms with Crippen LogP contribution in [0.1, 0.15) is 30.0 Å². The van der Waals surface area contributed by atoms with E-state index in [1.807, 2.05) is 12.1 Å². The van der Waals surface area contributed by atoms with Crippen molar-refractivity contribution in [2.75, 3.05) is 6.79 Å². The van der Waals surface area contributed by atoms with Crippen LogP contribution in [-0.4, -0.2) is 11.8 Å². The van der Waals surface area contributed by atoms with Crippen LogP contribution in [0.5, 0.6) is 11.5 Å². The number of nitrogens with two attached hydrogens (primary N) is 1. The minimum Gasteiger partial charge on any atom is -0.454 e. The molecule has 1 saturated carbocycles. The largest absolute Gasteiger partial charge is 0.454 e. The van der Waals surface area contributed by atoms with E-state index < -0.39 is 0 Å². The van der Waals surface area contributed by atoms with Gasteiger partial charge in [0.2, 0.25) is 6.79 Å². The van der Waals surface area contributed by atoms with E-state index in [1.165, 1.54) is 18.5 Å². The van der Waals surface area contributed by atoms with Crippen molar-refractivity contribution in [2.24, 2.45) is 5.73 Å². The maximum absolute atomic E-state index is 5.85. The molecule has 2 heterocycles. The molecule has 18 heavy (non-hydrogen) atoms. The lowest BCUT2D eigenvalue weighted by atomic mass is 10.1. The molecule has 1 aromatic heterocycles. The average molecular weight is 242 g/mol. The minimum atomic E-state index is 0.291. The lowest BCUT2D eigenvalue weighted by molar-refractivity contribution is 0.174. The Labute approximate surface area is 105 Å². The van der Waals surface area contributed by atoms with Crippen LogP contribution in [0.15, 0.2) is 18.2 Å². The molecular formula is C14H14N2O2. The minimum absolute atomic E-state index is 0.291. The highest BCUT2D eigenvalue weighted by molar-refractivity contribution is 5.86. The predicted molar refractivity (Wildman–Crippen MR) is 67.7 cm³/mol. The summed E-state index contributed by atoms with van der Waals surface area (Å²) in [6, 6.07) is 6.09. The molecule has 0 radical (unpaired) electrons. The molecule has 1 aliphatic heterocycles. The molecule has 4 nitrogen and oxygen atoms in total. The monoisotopic (exact) mass is 242 g/mol. The number of rotatable bonds is 2. The molecule has 1 fully saturated rings. The molecule has 2 aliphatic rings. The van der Waals surface area contributed by atoms with E-state index in [9.17, 15) is 0 Å². The van der Waals surface area contributed by atoms with Gasteiger partial charge in [-0.2, -0.15) is 0 Å². The maximum atomic E-state index is 5.85. The van der Waals surface area contributed by atoms with Crippen LogP contribution in [0.4, 0.5) is 0 Å². The lowest BCUT2D eigenvalue weighted by Gasteiger charge is -2.08. The van der Waals surface area contributed by atoms with Gasteiger partial charge in [-0.25, -0.2) is 0 Å². The number of benzene rings is 1. The topological polar surface area (TPSA) is 57.4 Å². The van der Waals surface area contributed by atoms with Crippen LogP contribution in [0.25, 0.3) is 10.9 Å². The first-order valence-corrected chi connectivity index (χ1v) is 6.28. The fraction of sp³-hybridized carbons (Fsp3) is 0.357. The summed E-state index contributed by atoms with van der Waals surface area (Å²) < 4.78 is 10.8.